The van der Waals surface area contributed by atoms with Gasteiger partial charge in [0.25, 0.3) is 0 Å². The van der Waals surface area contributed by atoms with Crippen LogP contribution in [0.3, 0.4) is 0 Å². The lowest BCUT2D eigenvalue weighted by molar-refractivity contribution is -0.000400. The van der Waals surface area contributed by atoms with Crippen LogP contribution >= 0.6 is 0 Å². The Hall–Kier alpha value is -1.62. The van der Waals surface area contributed by atoms with Crippen molar-refractivity contribution in [3.05, 3.63) is 24.0 Å². The molecule has 0 unspecified atom stereocenters. The van der Waals surface area contributed by atoms with Crippen molar-refractivity contribution in [2.24, 2.45) is 5.92 Å². The van der Waals surface area contributed by atoms with Crippen molar-refractivity contribution >= 4 is 11.5 Å². The molecule has 1 aliphatic carbocycles. The summed E-state index contributed by atoms with van der Waals surface area (Å²) in [5.41, 5.74) is 1.44. The smallest absolute Gasteiger partial charge is 0.160 e. The van der Waals surface area contributed by atoms with Crippen LogP contribution < -0.4 is 5.32 Å². The second kappa shape index (κ2) is 5.30. The fraction of sp³-hybridized carbons (Fsp3) is 0.625. The summed E-state index contributed by atoms with van der Waals surface area (Å²) in [6.45, 7) is 5.86. The third-order valence-electron chi connectivity index (χ3n) is 4.62. The minimum Gasteiger partial charge on any atom is -0.390 e. The van der Waals surface area contributed by atoms with E-state index >= 15 is 0 Å². The molecule has 1 aliphatic rings. The largest absolute Gasteiger partial charge is 0.390 e. The third kappa shape index (κ3) is 3.02. The van der Waals surface area contributed by atoms with Crippen LogP contribution in [0.1, 0.15) is 45.1 Å². The van der Waals surface area contributed by atoms with Crippen molar-refractivity contribution in [2.75, 3.05) is 5.32 Å². The number of anilines is 1. The van der Waals surface area contributed by atoms with Crippen LogP contribution in [0.4, 0.5) is 5.82 Å². The lowest BCUT2D eigenvalue weighted by Crippen LogP contribution is -2.37. The first-order valence-corrected chi connectivity index (χ1v) is 7.73. The number of fused-ring (bicyclic) bond motifs is 1. The lowest BCUT2D eigenvalue weighted by Gasteiger charge is -2.36. The second-order valence-corrected chi connectivity index (χ2v) is 6.76. The highest BCUT2D eigenvalue weighted by Crippen LogP contribution is 2.33. The van der Waals surface area contributed by atoms with Gasteiger partial charge < -0.3 is 10.4 Å². The molecule has 1 fully saturated rings. The average Bonchev–Trinajstić information content (AvgIpc) is 2.80. The molecule has 2 aromatic heterocycles. The fourth-order valence-corrected chi connectivity index (χ4v) is 3.22. The van der Waals surface area contributed by atoms with Crippen LogP contribution in [0.2, 0.25) is 0 Å². The number of rotatable bonds is 3. The first-order chi connectivity index (χ1) is 9.93. The molecular formula is C16H24N4O. The Morgan fingerprint density at radius 1 is 1.29 bits per heavy atom. The maximum atomic E-state index is 10.1. The van der Waals surface area contributed by atoms with E-state index in [1.54, 1.807) is 4.52 Å². The highest BCUT2D eigenvalue weighted by Gasteiger charge is 2.31. The van der Waals surface area contributed by atoms with Crippen LogP contribution in [0, 0.1) is 12.8 Å². The van der Waals surface area contributed by atoms with E-state index in [1.165, 1.54) is 0 Å². The Labute approximate surface area is 125 Å². The summed E-state index contributed by atoms with van der Waals surface area (Å²) >= 11 is 0. The van der Waals surface area contributed by atoms with Crippen LogP contribution in [-0.2, 0) is 0 Å². The molecule has 2 aromatic rings. The number of aromatic nitrogens is 3. The number of hydrogen-bond donors (Lipinski definition) is 2. The van der Waals surface area contributed by atoms with Gasteiger partial charge in [0.05, 0.1) is 11.8 Å². The highest BCUT2D eigenvalue weighted by molar-refractivity contribution is 5.51. The van der Waals surface area contributed by atoms with Gasteiger partial charge in [-0.25, -0.2) is 9.50 Å². The quantitative estimate of drug-likeness (QED) is 0.911. The molecule has 0 spiro atoms. The van der Waals surface area contributed by atoms with Gasteiger partial charge in [0.1, 0.15) is 5.82 Å². The molecule has 2 N–H and O–H groups in total. The number of nitrogens with one attached hydrogen (secondary N) is 1. The molecule has 1 saturated carbocycles. The number of aryl methyl sites for hydroxylation is 1. The standard InChI is InChI=1S/C16H24N4O/c1-11-10-17-20-9-8-14(19-15(11)20)18-13-6-4-12(5-7-13)16(2,3)21/h8-10,12-13,21H,4-7H2,1-3H3,(H,18,19). The van der Waals surface area contributed by atoms with Gasteiger partial charge in [0.15, 0.2) is 5.65 Å². The molecule has 0 aromatic carbocycles. The van der Waals surface area contributed by atoms with Crippen LogP contribution in [0.15, 0.2) is 18.5 Å². The maximum Gasteiger partial charge on any atom is 0.160 e. The molecule has 21 heavy (non-hydrogen) atoms. The molecule has 5 nitrogen and oxygen atoms in total. The molecule has 0 radical (unpaired) electrons. The van der Waals surface area contributed by atoms with Gasteiger partial charge in [0.2, 0.25) is 0 Å². The number of nitrogens with zero attached hydrogens (tertiary/aromatic N) is 3. The Bertz CT molecular complexity index is 621. The Kier molecular flexibility index (Phi) is 3.61. The Balaban J connectivity index is 1.65. The van der Waals surface area contributed by atoms with Crippen molar-refractivity contribution in [3.63, 3.8) is 0 Å². The monoisotopic (exact) mass is 288 g/mol. The zero-order chi connectivity index (χ0) is 15.0. The zero-order valence-corrected chi connectivity index (χ0v) is 13.0. The van der Waals surface area contributed by atoms with E-state index in [0.29, 0.717) is 12.0 Å². The molecule has 0 aliphatic heterocycles. The summed E-state index contributed by atoms with van der Waals surface area (Å²) in [4.78, 5) is 4.64. The predicted octanol–water partition coefficient (Wildman–Crippen LogP) is 2.78. The minimum atomic E-state index is -0.559. The SMILES string of the molecule is Cc1cnn2ccc(NC3CCC(C(C)(C)O)CC3)nc12. The van der Waals surface area contributed by atoms with Gasteiger partial charge in [-0.15, -0.1) is 0 Å². The van der Waals surface area contributed by atoms with Gasteiger partial charge in [0, 0.05) is 17.8 Å². The van der Waals surface area contributed by atoms with Gasteiger partial charge in [-0.3, -0.25) is 0 Å². The molecule has 5 heteroatoms. The number of aliphatic hydroxyl groups is 1. The maximum absolute atomic E-state index is 10.1. The second-order valence-electron chi connectivity index (χ2n) is 6.76. The van der Waals surface area contributed by atoms with Gasteiger partial charge in [-0.2, -0.15) is 5.10 Å². The Morgan fingerprint density at radius 3 is 2.67 bits per heavy atom. The predicted molar refractivity (Wildman–Crippen MR) is 83.4 cm³/mol. The molecule has 114 valence electrons. The normalized spacial score (nSPS) is 23.4. The van der Waals surface area contributed by atoms with E-state index in [4.69, 9.17) is 0 Å². The summed E-state index contributed by atoms with van der Waals surface area (Å²) in [7, 11) is 0. The van der Waals surface area contributed by atoms with Gasteiger partial charge in [-0.05, 0) is 58.4 Å². The molecule has 0 saturated heterocycles. The van der Waals surface area contributed by atoms with Gasteiger partial charge >= 0.3 is 0 Å². The van der Waals surface area contributed by atoms with Crippen molar-refractivity contribution in [3.8, 4) is 0 Å². The van der Waals surface area contributed by atoms with Crippen molar-refractivity contribution in [2.45, 2.75) is 58.1 Å². The topological polar surface area (TPSA) is 62.5 Å². The lowest BCUT2D eigenvalue weighted by atomic mass is 9.77. The first-order valence-electron chi connectivity index (χ1n) is 7.73. The average molecular weight is 288 g/mol. The highest BCUT2D eigenvalue weighted by atomic mass is 16.3. The van der Waals surface area contributed by atoms with Crippen LogP contribution in [-0.4, -0.2) is 31.3 Å². The van der Waals surface area contributed by atoms with Crippen molar-refractivity contribution in [1.29, 1.82) is 0 Å². The van der Waals surface area contributed by atoms with E-state index in [9.17, 15) is 5.11 Å². The first kappa shape index (κ1) is 14.3. The van der Waals surface area contributed by atoms with Crippen LogP contribution in [0.5, 0.6) is 0 Å². The molecule has 0 atom stereocenters. The third-order valence-corrected chi connectivity index (χ3v) is 4.62. The molecule has 3 rings (SSSR count). The zero-order valence-electron chi connectivity index (χ0n) is 13.0. The molecular weight excluding hydrogens is 264 g/mol. The summed E-state index contributed by atoms with van der Waals surface area (Å²) in [6.07, 6.45) is 8.07. The van der Waals surface area contributed by atoms with E-state index < -0.39 is 5.60 Å². The molecule has 0 bridgehead atoms. The van der Waals surface area contributed by atoms with Crippen molar-refractivity contribution in [1.82, 2.24) is 14.6 Å². The van der Waals surface area contributed by atoms with Crippen LogP contribution in [0.25, 0.3) is 5.65 Å². The summed E-state index contributed by atoms with van der Waals surface area (Å²) < 4.78 is 1.80. The Morgan fingerprint density at radius 2 is 2.00 bits per heavy atom. The van der Waals surface area contributed by atoms with Gasteiger partial charge in [-0.1, -0.05) is 0 Å². The van der Waals surface area contributed by atoms with E-state index in [-0.39, 0.29) is 0 Å². The molecule has 0 amide bonds. The molecule has 2 heterocycles. The number of hydrogen-bond acceptors (Lipinski definition) is 4. The minimum absolute atomic E-state index is 0.406. The fourth-order valence-electron chi connectivity index (χ4n) is 3.22. The summed E-state index contributed by atoms with van der Waals surface area (Å²) in [5.74, 6) is 1.32. The van der Waals surface area contributed by atoms with E-state index in [2.05, 4.69) is 15.4 Å². The summed E-state index contributed by atoms with van der Waals surface area (Å²) in [6, 6.07) is 2.42. The van der Waals surface area contributed by atoms with Crippen molar-refractivity contribution < 1.29 is 5.11 Å². The summed E-state index contributed by atoms with van der Waals surface area (Å²) in [5, 5.41) is 17.9. The van der Waals surface area contributed by atoms with E-state index in [0.717, 1.165) is 42.7 Å². The van der Waals surface area contributed by atoms with E-state index in [1.807, 2.05) is 39.2 Å².